The van der Waals surface area contributed by atoms with E-state index in [-0.39, 0.29) is 6.04 Å². The molecule has 4 heteroatoms. The molecule has 1 aromatic heterocycles. The summed E-state index contributed by atoms with van der Waals surface area (Å²) in [5.74, 6) is 1.03. The Morgan fingerprint density at radius 2 is 2.06 bits per heavy atom. The summed E-state index contributed by atoms with van der Waals surface area (Å²) < 4.78 is 2.29. The van der Waals surface area contributed by atoms with E-state index in [2.05, 4.69) is 11.5 Å². The van der Waals surface area contributed by atoms with Crippen molar-refractivity contribution in [3.8, 4) is 11.4 Å². The number of hydrogen-bond donors (Lipinski definition) is 1. The lowest BCUT2D eigenvalue weighted by Gasteiger charge is -2.22. The van der Waals surface area contributed by atoms with Gasteiger partial charge in [0.05, 0.1) is 5.69 Å². The van der Waals surface area contributed by atoms with E-state index in [4.69, 9.17) is 22.3 Å². The van der Waals surface area contributed by atoms with Crippen molar-refractivity contribution in [3.05, 3.63) is 40.7 Å². The molecule has 2 heterocycles. The van der Waals surface area contributed by atoms with Gasteiger partial charge in [0.25, 0.3) is 0 Å². The molecular formula is C14H16ClN3. The number of fused-ring (bicyclic) bond motifs is 1. The second-order valence-electron chi connectivity index (χ2n) is 4.88. The van der Waals surface area contributed by atoms with Crippen LogP contribution in [-0.2, 0) is 13.0 Å². The van der Waals surface area contributed by atoms with Crippen LogP contribution < -0.4 is 5.73 Å². The van der Waals surface area contributed by atoms with Gasteiger partial charge in [0, 0.05) is 35.3 Å². The molecule has 1 aromatic carbocycles. The lowest BCUT2D eigenvalue weighted by atomic mass is 10.0. The minimum atomic E-state index is 0.269. The van der Waals surface area contributed by atoms with Gasteiger partial charge in [0.15, 0.2) is 0 Å². The molecule has 18 heavy (non-hydrogen) atoms. The van der Waals surface area contributed by atoms with E-state index in [1.807, 2.05) is 24.3 Å². The second kappa shape index (κ2) is 4.41. The first kappa shape index (κ1) is 11.8. The molecule has 0 spiro atoms. The SMILES string of the molecule is Cc1nc(-c2ccc(Cl)cc2)n2c1CC(N)CC2. The van der Waals surface area contributed by atoms with Crippen molar-refractivity contribution >= 4 is 11.6 Å². The molecule has 0 radical (unpaired) electrons. The Labute approximate surface area is 112 Å². The third-order valence-electron chi connectivity index (χ3n) is 3.55. The molecule has 2 N–H and O–H groups in total. The number of rotatable bonds is 1. The minimum absolute atomic E-state index is 0.269. The molecule has 0 saturated carbocycles. The summed E-state index contributed by atoms with van der Waals surface area (Å²) in [7, 11) is 0. The topological polar surface area (TPSA) is 43.8 Å². The zero-order valence-corrected chi connectivity index (χ0v) is 11.1. The first-order valence-corrected chi connectivity index (χ1v) is 6.60. The van der Waals surface area contributed by atoms with Crippen molar-refractivity contribution in [2.24, 2.45) is 5.73 Å². The number of hydrogen-bond acceptors (Lipinski definition) is 2. The largest absolute Gasteiger partial charge is 0.328 e. The average Bonchev–Trinajstić information content (AvgIpc) is 2.68. The first-order chi connectivity index (χ1) is 8.65. The standard InChI is InChI=1S/C14H16ClN3/c1-9-13-8-12(16)6-7-18(13)14(17-9)10-2-4-11(15)5-3-10/h2-5,12H,6-8,16H2,1H3. The van der Waals surface area contributed by atoms with Gasteiger partial charge in [0.1, 0.15) is 5.82 Å². The summed E-state index contributed by atoms with van der Waals surface area (Å²) in [4.78, 5) is 4.69. The Morgan fingerprint density at radius 3 is 2.78 bits per heavy atom. The molecule has 0 amide bonds. The molecular weight excluding hydrogens is 246 g/mol. The van der Waals surface area contributed by atoms with Crippen LogP contribution in [0.3, 0.4) is 0 Å². The molecule has 3 nitrogen and oxygen atoms in total. The molecule has 2 aromatic rings. The Bertz CT molecular complexity index is 571. The molecule has 0 fully saturated rings. The van der Waals surface area contributed by atoms with E-state index in [0.717, 1.165) is 41.5 Å². The molecule has 3 rings (SSSR count). The molecule has 0 bridgehead atoms. The van der Waals surface area contributed by atoms with Crippen LogP contribution in [-0.4, -0.2) is 15.6 Å². The third-order valence-corrected chi connectivity index (χ3v) is 3.81. The molecule has 1 unspecified atom stereocenters. The van der Waals surface area contributed by atoms with Gasteiger partial charge in [-0.3, -0.25) is 0 Å². The maximum atomic E-state index is 6.03. The number of benzene rings is 1. The van der Waals surface area contributed by atoms with Gasteiger partial charge < -0.3 is 10.3 Å². The van der Waals surface area contributed by atoms with Crippen LogP contribution in [0.5, 0.6) is 0 Å². The van der Waals surface area contributed by atoms with Crippen molar-refractivity contribution < 1.29 is 0 Å². The first-order valence-electron chi connectivity index (χ1n) is 6.22. The quantitative estimate of drug-likeness (QED) is 0.858. The highest BCUT2D eigenvalue weighted by Gasteiger charge is 2.22. The normalized spacial score (nSPS) is 18.7. The number of aromatic nitrogens is 2. The van der Waals surface area contributed by atoms with Crippen LogP contribution in [0.1, 0.15) is 17.8 Å². The molecule has 0 aliphatic carbocycles. The molecule has 1 aliphatic heterocycles. The summed E-state index contributed by atoms with van der Waals surface area (Å²) in [5.41, 5.74) is 9.51. The van der Waals surface area contributed by atoms with Crippen molar-refractivity contribution in [2.45, 2.75) is 32.4 Å². The van der Waals surface area contributed by atoms with Gasteiger partial charge in [-0.2, -0.15) is 0 Å². The fourth-order valence-corrected chi connectivity index (χ4v) is 2.70. The molecule has 1 atom stereocenters. The van der Waals surface area contributed by atoms with E-state index in [0.29, 0.717) is 0 Å². The van der Waals surface area contributed by atoms with Gasteiger partial charge in [-0.15, -0.1) is 0 Å². The summed E-state index contributed by atoms with van der Waals surface area (Å²) in [6, 6.07) is 8.12. The lowest BCUT2D eigenvalue weighted by Crippen LogP contribution is -2.31. The smallest absolute Gasteiger partial charge is 0.140 e. The summed E-state index contributed by atoms with van der Waals surface area (Å²) in [5, 5.41) is 0.753. The monoisotopic (exact) mass is 261 g/mol. The van der Waals surface area contributed by atoms with Crippen LogP contribution in [0.2, 0.25) is 5.02 Å². The van der Waals surface area contributed by atoms with Gasteiger partial charge in [-0.25, -0.2) is 4.98 Å². The summed E-state index contributed by atoms with van der Waals surface area (Å²) in [6.07, 6.45) is 1.94. The Balaban J connectivity index is 2.08. The zero-order chi connectivity index (χ0) is 12.7. The average molecular weight is 262 g/mol. The molecule has 1 aliphatic rings. The number of nitrogens with two attached hydrogens (primary N) is 1. The Hall–Kier alpha value is -1.32. The number of imidazole rings is 1. The van der Waals surface area contributed by atoms with Crippen molar-refractivity contribution in [3.63, 3.8) is 0 Å². The highest BCUT2D eigenvalue weighted by atomic mass is 35.5. The van der Waals surface area contributed by atoms with E-state index < -0.39 is 0 Å². The maximum absolute atomic E-state index is 6.03. The highest BCUT2D eigenvalue weighted by Crippen LogP contribution is 2.27. The van der Waals surface area contributed by atoms with E-state index in [1.54, 1.807) is 0 Å². The maximum Gasteiger partial charge on any atom is 0.140 e. The second-order valence-corrected chi connectivity index (χ2v) is 5.32. The van der Waals surface area contributed by atoms with Crippen molar-refractivity contribution in [1.82, 2.24) is 9.55 Å². The van der Waals surface area contributed by atoms with Crippen molar-refractivity contribution in [2.75, 3.05) is 0 Å². The van der Waals surface area contributed by atoms with Crippen LogP contribution in [0.15, 0.2) is 24.3 Å². The molecule has 0 saturated heterocycles. The van der Waals surface area contributed by atoms with Crippen LogP contribution in [0.25, 0.3) is 11.4 Å². The Morgan fingerprint density at radius 1 is 1.33 bits per heavy atom. The zero-order valence-electron chi connectivity index (χ0n) is 10.4. The van der Waals surface area contributed by atoms with Crippen molar-refractivity contribution in [1.29, 1.82) is 0 Å². The predicted octanol–water partition coefficient (Wildman–Crippen LogP) is 2.79. The van der Waals surface area contributed by atoms with E-state index in [1.165, 1.54) is 5.69 Å². The summed E-state index contributed by atoms with van der Waals surface area (Å²) in [6.45, 7) is 3.01. The summed E-state index contributed by atoms with van der Waals surface area (Å²) >= 11 is 5.92. The van der Waals surface area contributed by atoms with E-state index >= 15 is 0 Å². The fraction of sp³-hybridized carbons (Fsp3) is 0.357. The minimum Gasteiger partial charge on any atom is -0.328 e. The number of nitrogens with zero attached hydrogens (tertiary/aromatic N) is 2. The number of aryl methyl sites for hydroxylation is 1. The van der Waals surface area contributed by atoms with Gasteiger partial charge in [-0.05, 0) is 37.6 Å². The molecule has 94 valence electrons. The van der Waals surface area contributed by atoms with E-state index in [9.17, 15) is 0 Å². The third kappa shape index (κ3) is 1.93. The Kier molecular flexibility index (Phi) is 2.88. The predicted molar refractivity (Wildman–Crippen MR) is 73.7 cm³/mol. The highest BCUT2D eigenvalue weighted by molar-refractivity contribution is 6.30. The van der Waals surface area contributed by atoms with Gasteiger partial charge in [0.2, 0.25) is 0 Å². The van der Waals surface area contributed by atoms with Crippen LogP contribution in [0.4, 0.5) is 0 Å². The lowest BCUT2D eigenvalue weighted by molar-refractivity contribution is 0.473. The fourth-order valence-electron chi connectivity index (χ4n) is 2.57. The van der Waals surface area contributed by atoms with Crippen LogP contribution >= 0.6 is 11.6 Å². The number of halogens is 1. The van der Waals surface area contributed by atoms with Crippen LogP contribution in [0, 0.1) is 6.92 Å². The van der Waals surface area contributed by atoms with Gasteiger partial charge >= 0.3 is 0 Å². The van der Waals surface area contributed by atoms with Gasteiger partial charge in [-0.1, -0.05) is 11.6 Å².